The first kappa shape index (κ1) is 10.9. The number of aromatic nitrogens is 4. The van der Waals surface area contributed by atoms with E-state index in [1.165, 1.54) is 4.68 Å². The third-order valence-electron chi connectivity index (χ3n) is 1.99. The van der Waals surface area contributed by atoms with Crippen molar-refractivity contribution in [3.63, 3.8) is 0 Å². The van der Waals surface area contributed by atoms with Crippen LogP contribution in [0.25, 0.3) is 11.3 Å². The van der Waals surface area contributed by atoms with Crippen LogP contribution in [0.2, 0.25) is 0 Å². The van der Waals surface area contributed by atoms with Crippen molar-refractivity contribution in [1.29, 1.82) is 0 Å². The van der Waals surface area contributed by atoms with Gasteiger partial charge in [-0.25, -0.2) is 0 Å². The molecule has 0 atom stereocenters. The molecule has 0 aliphatic carbocycles. The highest BCUT2D eigenvalue weighted by molar-refractivity contribution is 9.10. The van der Waals surface area contributed by atoms with E-state index in [9.17, 15) is 4.79 Å². The van der Waals surface area contributed by atoms with Crippen LogP contribution in [0.1, 0.15) is 0 Å². The molecular formula is C9H9BrN4O2. The molecule has 1 N–H and O–H groups in total. The number of hydrogen-bond donors (Lipinski definition) is 1. The first-order chi connectivity index (χ1) is 7.56. The predicted molar refractivity (Wildman–Crippen MR) is 59.8 cm³/mol. The van der Waals surface area contributed by atoms with Gasteiger partial charge in [0.05, 0.1) is 10.7 Å². The number of halogens is 1. The van der Waals surface area contributed by atoms with E-state index in [2.05, 4.69) is 26.1 Å². The van der Waals surface area contributed by atoms with Gasteiger partial charge in [0.2, 0.25) is 0 Å². The summed E-state index contributed by atoms with van der Waals surface area (Å²) >= 11 is 3.34. The first-order valence-electron chi connectivity index (χ1n) is 4.50. The van der Waals surface area contributed by atoms with Gasteiger partial charge >= 0.3 is 5.97 Å². The van der Waals surface area contributed by atoms with Crippen LogP contribution in [0.15, 0.2) is 23.1 Å². The van der Waals surface area contributed by atoms with Crippen LogP contribution in [0, 0.1) is 0 Å². The fraction of sp³-hybridized carbons (Fsp3) is 0.222. The van der Waals surface area contributed by atoms with Gasteiger partial charge < -0.3 is 5.11 Å². The summed E-state index contributed by atoms with van der Waals surface area (Å²) < 4.78 is 3.79. The number of aryl methyl sites for hydroxylation is 1. The summed E-state index contributed by atoms with van der Waals surface area (Å²) in [5.74, 6) is -0.923. The zero-order chi connectivity index (χ0) is 11.7. The maximum Gasteiger partial charge on any atom is 0.325 e. The van der Waals surface area contributed by atoms with E-state index in [1.54, 1.807) is 17.1 Å². The normalized spacial score (nSPS) is 10.6. The Balaban J connectivity index is 2.35. The molecule has 0 bridgehead atoms. The predicted octanol–water partition coefficient (Wildman–Crippen LogP) is 1.13. The second-order valence-corrected chi connectivity index (χ2v) is 4.17. The number of carboxylic acid groups (broad SMARTS) is 1. The molecule has 7 heteroatoms. The van der Waals surface area contributed by atoms with Crippen LogP contribution >= 0.6 is 15.9 Å². The molecule has 2 aromatic heterocycles. The van der Waals surface area contributed by atoms with Crippen molar-refractivity contribution in [2.75, 3.05) is 0 Å². The molecule has 0 radical (unpaired) electrons. The topological polar surface area (TPSA) is 72.9 Å². The van der Waals surface area contributed by atoms with Crippen molar-refractivity contribution in [2.45, 2.75) is 6.54 Å². The third-order valence-corrected chi connectivity index (χ3v) is 2.57. The summed E-state index contributed by atoms with van der Waals surface area (Å²) in [5.41, 5.74) is 1.54. The van der Waals surface area contributed by atoms with Crippen LogP contribution in [-0.4, -0.2) is 30.6 Å². The molecule has 0 aliphatic rings. The number of hydrogen-bond acceptors (Lipinski definition) is 3. The van der Waals surface area contributed by atoms with E-state index < -0.39 is 5.97 Å². The van der Waals surface area contributed by atoms with Gasteiger partial charge in [0.1, 0.15) is 12.2 Å². The van der Waals surface area contributed by atoms with Crippen LogP contribution in [0.4, 0.5) is 0 Å². The lowest BCUT2D eigenvalue weighted by atomic mass is 10.3. The van der Waals surface area contributed by atoms with E-state index in [4.69, 9.17) is 5.11 Å². The largest absolute Gasteiger partial charge is 0.480 e. The number of carboxylic acids is 1. The molecular weight excluding hydrogens is 276 g/mol. The number of aliphatic carboxylic acids is 1. The van der Waals surface area contributed by atoms with Crippen LogP contribution in [-0.2, 0) is 18.4 Å². The summed E-state index contributed by atoms with van der Waals surface area (Å²) in [7, 11) is 1.81. The number of carbonyl (C=O) groups is 1. The van der Waals surface area contributed by atoms with Crippen molar-refractivity contribution in [2.24, 2.45) is 7.05 Å². The first-order valence-corrected chi connectivity index (χ1v) is 5.29. The molecule has 84 valence electrons. The van der Waals surface area contributed by atoms with E-state index >= 15 is 0 Å². The molecule has 0 saturated carbocycles. The summed E-state index contributed by atoms with van der Waals surface area (Å²) in [5, 5.41) is 16.9. The van der Waals surface area contributed by atoms with Crippen LogP contribution < -0.4 is 0 Å². The van der Waals surface area contributed by atoms with Gasteiger partial charge in [-0.1, -0.05) is 0 Å². The monoisotopic (exact) mass is 284 g/mol. The highest BCUT2D eigenvalue weighted by atomic mass is 79.9. The average molecular weight is 285 g/mol. The Kier molecular flexibility index (Phi) is 2.78. The minimum atomic E-state index is -0.923. The van der Waals surface area contributed by atoms with E-state index in [1.807, 2.05) is 13.2 Å². The fourth-order valence-corrected chi connectivity index (χ4v) is 1.90. The van der Waals surface area contributed by atoms with Crippen molar-refractivity contribution in [3.8, 4) is 11.3 Å². The Morgan fingerprint density at radius 3 is 2.88 bits per heavy atom. The Labute approximate surface area is 99.6 Å². The summed E-state index contributed by atoms with van der Waals surface area (Å²) in [6, 6.07) is 0. The van der Waals surface area contributed by atoms with Gasteiger partial charge in [-0.3, -0.25) is 14.2 Å². The molecule has 0 saturated heterocycles. The summed E-state index contributed by atoms with van der Waals surface area (Å²) in [6.45, 7) is -0.154. The number of rotatable bonds is 3. The zero-order valence-corrected chi connectivity index (χ0v) is 10.0. The highest BCUT2D eigenvalue weighted by Gasteiger charge is 2.11. The molecule has 0 aromatic carbocycles. The maximum absolute atomic E-state index is 10.5. The van der Waals surface area contributed by atoms with Gasteiger partial charge in [0.25, 0.3) is 0 Å². The minimum absolute atomic E-state index is 0.154. The minimum Gasteiger partial charge on any atom is -0.480 e. The molecule has 6 nitrogen and oxygen atoms in total. The smallest absolute Gasteiger partial charge is 0.325 e. The van der Waals surface area contributed by atoms with Crippen molar-refractivity contribution in [1.82, 2.24) is 19.6 Å². The van der Waals surface area contributed by atoms with Crippen LogP contribution in [0.3, 0.4) is 0 Å². The third kappa shape index (κ3) is 2.13. The standard InChI is InChI=1S/C9H9BrN4O2/c1-13-3-6(2-11-13)9-7(10)4-14(12-9)5-8(15)16/h2-4H,5H2,1H3,(H,15,16). The summed E-state index contributed by atoms with van der Waals surface area (Å²) in [4.78, 5) is 10.5. The number of nitrogens with zero attached hydrogens (tertiary/aromatic N) is 4. The van der Waals surface area contributed by atoms with E-state index in [0.717, 1.165) is 10.0 Å². The fourth-order valence-electron chi connectivity index (χ4n) is 1.36. The molecule has 0 aliphatic heterocycles. The molecule has 0 amide bonds. The molecule has 0 spiro atoms. The Hall–Kier alpha value is -1.63. The van der Waals surface area contributed by atoms with E-state index in [-0.39, 0.29) is 6.54 Å². The quantitative estimate of drug-likeness (QED) is 0.917. The van der Waals surface area contributed by atoms with Crippen molar-refractivity contribution < 1.29 is 9.90 Å². The van der Waals surface area contributed by atoms with E-state index in [0.29, 0.717) is 5.69 Å². The van der Waals surface area contributed by atoms with Gasteiger partial charge in [-0.2, -0.15) is 10.2 Å². The Morgan fingerprint density at radius 2 is 2.31 bits per heavy atom. The van der Waals surface area contributed by atoms with Gasteiger partial charge in [-0.15, -0.1) is 0 Å². The lowest BCUT2D eigenvalue weighted by Gasteiger charge is -1.93. The molecule has 16 heavy (non-hydrogen) atoms. The summed E-state index contributed by atoms with van der Waals surface area (Å²) in [6.07, 6.45) is 5.13. The maximum atomic E-state index is 10.5. The molecule has 0 fully saturated rings. The SMILES string of the molecule is Cn1cc(-c2nn(CC(=O)O)cc2Br)cn1. The molecule has 2 rings (SSSR count). The second kappa shape index (κ2) is 4.09. The molecule has 2 heterocycles. The Bertz CT molecular complexity index is 531. The van der Waals surface area contributed by atoms with Crippen LogP contribution in [0.5, 0.6) is 0 Å². The lowest BCUT2D eigenvalue weighted by Crippen LogP contribution is -2.08. The average Bonchev–Trinajstić information content (AvgIpc) is 2.72. The Morgan fingerprint density at radius 1 is 1.56 bits per heavy atom. The van der Waals surface area contributed by atoms with Crippen molar-refractivity contribution in [3.05, 3.63) is 23.1 Å². The second-order valence-electron chi connectivity index (χ2n) is 3.32. The van der Waals surface area contributed by atoms with Gasteiger partial charge in [0.15, 0.2) is 0 Å². The molecule has 0 unspecified atom stereocenters. The lowest BCUT2D eigenvalue weighted by molar-refractivity contribution is -0.137. The van der Waals surface area contributed by atoms with Crippen molar-refractivity contribution >= 4 is 21.9 Å². The zero-order valence-electron chi connectivity index (χ0n) is 8.46. The van der Waals surface area contributed by atoms with Gasteiger partial charge in [0, 0.05) is 25.0 Å². The molecule has 2 aromatic rings. The highest BCUT2D eigenvalue weighted by Crippen LogP contribution is 2.25. The van der Waals surface area contributed by atoms with Gasteiger partial charge in [-0.05, 0) is 15.9 Å².